The second-order valence-electron chi connectivity index (χ2n) is 9.71. The maximum atomic E-state index is 12.5. The van der Waals surface area contributed by atoms with E-state index in [4.69, 9.17) is 0 Å². The first-order valence-corrected chi connectivity index (χ1v) is 14.9. The summed E-state index contributed by atoms with van der Waals surface area (Å²) in [4.78, 5) is 2.53. The largest absolute Gasteiger partial charge is 0.380 e. The molecule has 1 heterocycles. The molecule has 31 heavy (non-hydrogen) atoms. The van der Waals surface area contributed by atoms with Crippen LogP contribution in [0.4, 0.5) is 0 Å². The lowest BCUT2D eigenvalue weighted by Crippen LogP contribution is -2.48. The molecule has 1 atom stereocenters. The smallest absolute Gasteiger partial charge is 0.122 e. The highest BCUT2D eigenvalue weighted by Gasteiger charge is 2.57. The first-order valence-electron chi connectivity index (χ1n) is 11.4. The second kappa shape index (κ2) is 9.05. The van der Waals surface area contributed by atoms with Gasteiger partial charge in [-0.2, -0.15) is 0 Å². The molecule has 161 valence electrons. The Morgan fingerprint density at radius 1 is 1.00 bits per heavy atom. The van der Waals surface area contributed by atoms with E-state index in [1.54, 1.807) is 0 Å². The van der Waals surface area contributed by atoms with Crippen LogP contribution < -0.4 is 0 Å². The van der Waals surface area contributed by atoms with Crippen molar-refractivity contribution < 1.29 is 5.11 Å². The van der Waals surface area contributed by atoms with Gasteiger partial charge in [0.2, 0.25) is 0 Å². The summed E-state index contributed by atoms with van der Waals surface area (Å²) in [6.45, 7) is 13.2. The third kappa shape index (κ3) is 4.20. The van der Waals surface area contributed by atoms with Crippen molar-refractivity contribution in [3.63, 3.8) is 0 Å². The lowest BCUT2D eigenvalue weighted by molar-refractivity contribution is 0.0967. The number of likely N-dealkylation sites (tertiary alicyclic amines) is 1. The fourth-order valence-corrected chi connectivity index (χ4v) is 6.89. The zero-order valence-corrected chi connectivity index (χ0v) is 20.0. The van der Waals surface area contributed by atoms with Crippen molar-refractivity contribution in [2.45, 2.75) is 44.1 Å². The Labute approximate surface area is 190 Å². The Bertz CT molecular complexity index is 820. The molecule has 2 aromatic rings. The maximum absolute atomic E-state index is 12.5. The molecule has 0 spiro atoms. The molecule has 1 aliphatic carbocycles. The van der Waals surface area contributed by atoms with E-state index in [0.717, 1.165) is 36.6 Å². The number of aliphatic hydroxyl groups is 1. The van der Waals surface area contributed by atoms with Crippen molar-refractivity contribution in [2.75, 3.05) is 13.1 Å². The van der Waals surface area contributed by atoms with Crippen molar-refractivity contribution >= 4 is 8.07 Å². The van der Waals surface area contributed by atoms with Crippen LogP contribution >= 0.6 is 0 Å². The summed E-state index contributed by atoms with van der Waals surface area (Å²) in [5, 5.41) is 12.5. The monoisotopic (exact) mass is 428 g/mol. The van der Waals surface area contributed by atoms with Crippen LogP contribution in [0.5, 0.6) is 0 Å². The highest BCUT2D eigenvalue weighted by Crippen LogP contribution is 2.58. The summed E-state index contributed by atoms with van der Waals surface area (Å²) >= 11 is 0. The Morgan fingerprint density at radius 3 is 2.10 bits per heavy atom. The van der Waals surface area contributed by atoms with Gasteiger partial charge in [0.05, 0.1) is 8.07 Å². The summed E-state index contributed by atoms with van der Waals surface area (Å²) in [7, 11) is -1.62. The van der Waals surface area contributed by atoms with Crippen LogP contribution in [-0.4, -0.2) is 37.2 Å². The topological polar surface area (TPSA) is 23.5 Å². The standard InChI is InChI=1S/C28H34NOSi/c1-5-20-29-21-12-17-25(29)27-24(18-19-26(27)31(2,3)4)28(30,22-13-8-6-9-14-22)23-15-10-7-11-16-23/h5-11,13-16,18-19,25,30H,1,12,17,20-21H2,2-4H3/t25-/m1/s1. The van der Waals surface area contributed by atoms with Crippen molar-refractivity contribution in [1.29, 1.82) is 0 Å². The third-order valence-electron chi connectivity index (χ3n) is 6.64. The molecule has 1 saturated heterocycles. The fraction of sp³-hybridized carbons (Fsp3) is 0.321. The lowest BCUT2D eigenvalue weighted by atomic mass is 9.69. The number of nitrogens with zero attached hydrogens (tertiary/aromatic N) is 1. The van der Waals surface area contributed by atoms with Crippen LogP contribution in [0.3, 0.4) is 0 Å². The molecule has 2 nitrogen and oxygen atoms in total. The number of hydrogen-bond donors (Lipinski definition) is 1. The van der Waals surface area contributed by atoms with Crippen molar-refractivity contribution in [3.8, 4) is 0 Å². The minimum Gasteiger partial charge on any atom is -0.380 e. The highest BCUT2D eigenvalue weighted by molar-refractivity contribution is 6.82. The second-order valence-corrected chi connectivity index (χ2v) is 14.7. The fourth-order valence-electron chi connectivity index (χ4n) is 5.19. The van der Waals surface area contributed by atoms with Crippen LogP contribution in [0.25, 0.3) is 0 Å². The molecular formula is C28H34NOSi. The van der Waals surface area contributed by atoms with E-state index < -0.39 is 13.7 Å². The van der Waals surface area contributed by atoms with Gasteiger partial charge < -0.3 is 5.11 Å². The van der Waals surface area contributed by atoms with Crippen molar-refractivity contribution in [3.05, 3.63) is 115 Å². The van der Waals surface area contributed by atoms with Gasteiger partial charge in [0, 0.05) is 24.4 Å². The van der Waals surface area contributed by atoms with E-state index in [2.05, 4.69) is 44.0 Å². The molecule has 0 bridgehead atoms. The zero-order valence-electron chi connectivity index (χ0n) is 19.0. The lowest BCUT2D eigenvalue weighted by Gasteiger charge is -2.44. The van der Waals surface area contributed by atoms with Gasteiger partial charge in [-0.3, -0.25) is 4.90 Å². The predicted octanol–water partition coefficient (Wildman–Crippen LogP) is 5.60. The average molecular weight is 429 g/mol. The van der Waals surface area contributed by atoms with Gasteiger partial charge in [0.15, 0.2) is 0 Å². The molecule has 0 amide bonds. The SMILES string of the molecule is C=CCN1CCC[C@@H]1[C]1[C](C(O)(c2ccccc2)c2ccccc2)[CH][CH][C]1[Si](C)(C)C. The molecule has 3 heteroatoms. The highest BCUT2D eigenvalue weighted by atomic mass is 28.3. The molecule has 2 aromatic carbocycles. The average Bonchev–Trinajstić information content (AvgIpc) is 3.41. The Morgan fingerprint density at radius 2 is 1.58 bits per heavy atom. The summed E-state index contributed by atoms with van der Waals surface area (Å²) in [5.74, 6) is 2.40. The van der Waals surface area contributed by atoms with E-state index in [-0.39, 0.29) is 0 Å². The summed E-state index contributed by atoms with van der Waals surface area (Å²) < 4.78 is 0. The van der Waals surface area contributed by atoms with Crippen molar-refractivity contribution in [2.24, 2.45) is 0 Å². The van der Waals surface area contributed by atoms with E-state index >= 15 is 0 Å². The van der Waals surface area contributed by atoms with Crippen LogP contribution in [0.2, 0.25) is 19.6 Å². The van der Waals surface area contributed by atoms with Gasteiger partial charge in [-0.1, -0.05) is 86.4 Å². The molecule has 1 N–H and O–H groups in total. The van der Waals surface area contributed by atoms with Gasteiger partial charge >= 0.3 is 0 Å². The minimum atomic E-state index is -1.62. The van der Waals surface area contributed by atoms with E-state index in [1.807, 2.05) is 66.7 Å². The van der Waals surface area contributed by atoms with Gasteiger partial charge in [-0.25, -0.2) is 0 Å². The van der Waals surface area contributed by atoms with E-state index in [1.165, 1.54) is 17.9 Å². The summed E-state index contributed by atoms with van der Waals surface area (Å²) in [6, 6.07) is 20.6. The van der Waals surface area contributed by atoms with Gasteiger partial charge in [-0.05, 0) is 48.9 Å². The minimum absolute atomic E-state index is 0.323. The van der Waals surface area contributed by atoms with Gasteiger partial charge in [0.1, 0.15) is 5.60 Å². The predicted molar refractivity (Wildman–Crippen MR) is 132 cm³/mol. The molecule has 5 radical (unpaired) electrons. The molecule has 4 rings (SSSR count). The quantitative estimate of drug-likeness (QED) is 0.459. The molecule has 1 aliphatic heterocycles. The van der Waals surface area contributed by atoms with Gasteiger partial charge in [-0.15, -0.1) is 6.58 Å². The zero-order chi connectivity index (χ0) is 22.1. The van der Waals surface area contributed by atoms with Crippen LogP contribution in [-0.2, 0) is 5.60 Å². The van der Waals surface area contributed by atoms with E-state index in [0.29, 0.717) is 6.04 Å². The molecule has 2 aliphatic rings. The maximum Gasteiger partial charge on any atom is 0.122 e. The van der Waals surface area contributed by atoms with Crippen LogP contribution in [0.1, 0.15) is 24.0 Å². The molecule has 0 aromatic heterocycles. The number of rotatable bonds is 7. The molecule has 0 unspecified atom stereocenters. The summed E-state index contributed by atoms with van der Waals surface area (Å²) in [5.41, 5.74) is 2.12. The van der Waals surface area contributed by atoms with Crippen molar-refractivity contribution in [1.82, 2.24) is 4.90 Å². The van der Waals surface area contributed by atoms with Gasteiger partial charge in [0.25, 0.3) is 0 Å². The Hall–Kier alpha value is -1.68. The Kier molecular flexibility index (Phi) is 6.57. The normalized spacial score (nSPS) is 22.3. The van der Waals surface area contributed by atoms with Crippen LogP contribution in [0, 0.1) is 30.2 Å². The number of benzene rings is 2. The molecule has 1 saturated carbocycles. The Balaban J connectivity index is 1.84. The number of hydrogen-bond acceptors (Lipinski definition) is 2. The first kappa shape index (κ1) is 22.5. The van der Waals surface area contributed by atoms with E-state index in [9.17, 15) is 5.11 Å². The third-order valence-corrected chi connectivity index (χ3v) is 8.69. The molecule has 2 fully saturated rings. The summed E-state index contributed by atoms with van der Waals surface area (Å²) in [6.07, 6.45) is 8.83. The first-order chi connectivity index (χ1) is 14.9. The molecular weight excluding hydrogens is 394 g/mol. The van der Waals surface area contributed by atoms with Crippen LogP contribution in [0.15, 0.2) is 73.3 Å².